The largest absolute Gasteiger partial charge is 0.390 e. The summed E-state index contributed by atoms with van der Waals surface area (Å²) in [5.74, 6) is 0. The molecule has 19 heavy (non-hydrogen) atoms. The molecule has 1 aromatic heterocycles. The average molecular weight is 254 g/mol. The highest BCUT2D eigenvalue weighted by Crippen LogP contribution is 2.28. The first kappa shape index (κ1) is 12.2. The molecule has 3 aromatic rings. The van der Waals surface area contributed by atoms with Crippen molar-refractivity contribution in [3.8, 4) is 0 Å². The van der Waals surface area contributed by atoms with Crippen molar-refractivity contribution < 1.29 is 5.11 Å². The molecule has 0 aliphatic carbocycles. The van der Waals surface area contributed by atoms with Gasteiger partial charge in [-0.15, -0.1) is 0 Å². The van der Waals surface area contributed by atoms with Crippen molar-refractivity contribution in [2.45, 2.75) is 12.6 Å². The van der Waals surface area contributed by atoms with Crippen molar-refractivity contribution in [2.75, 3.05) is 13.6 Å². The first-order valence-corrected chi connectivity index (χ1v) is 6.60. The van der Waals surface area contributed by atoms with E-state index in [2.05, 4.69) is 46.3 Å². The van der Waals surface area contributed by atoms with Crippen LogP contribution in [0.3, 0.4) is 0 Å². The molecule has 0 unspecified atom stereocenters. The molecule has 0 radical (unpaired) electrons. The summed E-state index contributed by atoms with van der Waals surface area (Å²) in [4.78, 5) is 0. The molecule has 0 amide bonds. The maximum absolute atomic E-state index is 10.1. The van der Waals surface area contributed by atoms with Crippen LogP contribution in [0.15, 0.2) is 48.5 Å². The molecule has 0 saturated carbocycles. The van der Waals surface area contributed by atoms with E-state index < -0.39 is 0 Å². The number of para-hydroxylation sites is 2. The Bertz CT molecular complexity index is 649. The first-order chi connectivity index (χ1) is 9.31. The van der Waals surface area contributed by atoms with E-state index in [4.69, 9.17) is 0 Å². The van der Waals surface area contributed by atoms with Gasteiger partial charge in [-0.25, -0.2) is 0 Å². The highest BCUT2D eigenvalue weighted by molar-refractivity contribution is 6.07. The molecular weight excluding hydrogens is 236 g/mol. The molecule has 2 aromatic carbocycles. The van der Waals surface area contributed by atoms with Gasteiger partial charge in [-0.3, -0.25) is 0 Å². The van der Waals surface area contributed by atoms with Crippen LogP contribution in [0.4, 0.5) is 0 Å². The first-order valence-electron chi connectivity index (χ1n) is 6.60. The zero-order valence-corrected chi connectivity index (χ0v) is 11.0. The number of hydrogen-bond donors (Lipinski definition) is 2. The normalized spacial score (nSPS) is 13.2. The Hall–Kier alpha value is -1.84. The summed E-state index contributed by atoms with van der Waals surface area (Å²) in [7, 11) is 1.86. The lowest BCUT2D eigenvalue weighted by Crippen LogP contribution is -2.27. The van der Waals surface area contributed by atoms with Gasteiger partial charge in [-0.05, 0) is 19.2 Å². The molecule has 3 rings (SSSR count). The van der Waals surface area contributed by atoms with Gasteiger partial charge in [0.1, 0.15) is 0 Å². The molecule has 0 aliphatic heterocycles. The maximum Gasteiger partial charge on any atom is 0.0843 e. The number of benzene rings is 2. The Kier molecular flexibility index (Phi) is 3.23. The predicted octanol–water partition coefficient (Wildman–Crippen LogP) is 2.37. The van der Waals surface area contributed by atoms with E-state index in [9.17, 15) is 5.11 Å². The molecule has 3 nitrogen and oxygen atoms in total. The van der Waals surface area contributed by atoms with Crippen LogP contribution in [0.1, 0.15) is 0 Å². The molecule has 98 valence electrons. The highest BCUT2D eigenvalue weighted by Gasteiger charge is 2.12. The molecule has 0 fully saturated rings. The zero-order valence-electron chi connectivity index (χ0n) is 11.0. The van der Waals surface area contributed by atoms with Crippen LogP contribution in [0.25, 0.3) is 21.8 Å². The standard InChI is InChI=1S/C16H18N2O/c1-17-10-12(19)11-18-15-8-4-2-6-13(15)14-7-3-5-9-16(14)18/h2-9,12,17,19H,10-11H2,1H3/t12-/m1/s1. The van der Waals surface area contributed by atoms with Gasteiger partial charge in [0, 0.05) is 28.4 Å². The Morgan fingerprint density at radius 1 is 1.00 bits per heavy atom. The second-order valence-electron chi connectivity index (χ2n) is 4.86. The third-order valence-electron chi connectivity index (χ3n) is 3.51. The summed E-state index contributed by atoms with van der Waals surface area (Å²) in [5.41, 5.74) is 2.36. The number of likely N-dealkylation sites (N-methyl/N-ethyl adjacent to an activating group) is 1. The van der Waals surface area contributed by atoms with Crippen LogP contribution in [-0.4, -0.2) is 29.4 Å². The summed E-state index contributed by atoms with van der Waals surface area (Å²) < 4.78 is 2.20. The van der Waals surface area contributed by atoms with E-state index in [1.807, 2.05) is 19.2 Å². The lowest BCUT2D eigenvalue weighted by Gasteiger charge is -2.13. The third kappa shape index (κ3) is 2.11. The maximum atomic E-state index is 10.1. The topological polar surface area (TPSA) is 37.2 Å². The fourth-order valence-corrected chi connectivity index (χ4v) is 2.71. The smallest absolute Gasteiger partial charge is 0.0843 e. The molecule has 0 bridgehead atoms. The van der Waals surface area contributed by atoms with Crippen LogP contribution in [-0.2, 0) is 6.54 Å². The minimum absolute atomic E-state index is 0.385. The Morgan fingerprint density at radius 2 is 1.53 bits per heavy atom. The molecule has 0 aliphatic rings. The summed E-state index contributed by atoms with van der Waals surface area (Å²) in [5, 5.41) is 15.6. The van der Waals surface area contributed by atoms with E-state index >= 15 is 0 Å². The van der Waals surface area contributed by atoms with Crippen molar-refractivity contribution in [2.24, 2.45) is 0 Å². The molecular formula is C16H18N2O. The van der Waals surface area contributed by atoms with E-state index in [-0.39, 0.29) is 6.10 Å². The SMILES string of the molecule is CNC[C@@H](O)Cn1c2ccccc2c2ccccc21. The molecule has 1 atom stereocenters. The fourth-order valence-electron chi connectivity index (χ4n) is 2.71. The highest BCUT2D eigenvalue weighted by atomic mass is 16.3. The Balaban J connectivity index is 2.19. The van der Waals surface area contributed by atoms with Crippen LogP contribution in [0.5, 0.6) is 0 Å². The van der Waals surface area contributed by atoms with Crippen molar-refractivity contribution in [1.82, 2.24) is 9.88 Å². The third-order valence-corrected chi connectivity index (χ3v) is 3.51. The summed E-state index contributed by atoms with van der Waals surface area (Å²) in [6.07, 6.45) is -0.385. The Morgan fingerprint density at radius 3 is 2.05 bits per heavy atom. The fraction of sp³-hybridized carbons (Fsp3) is 0.250. The quantitative estimate of drug-likeness (QED) is 0.750. The number of aliphatic hydroxyl groups excluding tert-OH is 1. The minimum Gasteiger partial charge on any atom is -0.390 e. The van der Waals surface area contributed by atoms with E-state index in [0.29, 0.717) is 13.1 Å². The van der Waals surface area contributed by atoms with Crippen molar-refractivity contribution >= 4 is 21.8 Å². The number of aliphatic hydroxyl groups is 1. The van der Waals surface area contributed by atoms with Gasteiger partial charge in [-0.2, -0.15) is 0 Å². The number of aromatic nitrogens is 1. The van der Waals surface area contributed by atoms with Crippen LogP contribution < -0.4 is 5.32 Å². The summed E-state index contributed by atoms with van der Waals surface area (Å²) in [6.45, 7) is 1.20. The average Bonchev–Trinajstić information content (AvgIpc) is 2.75. The monoisotopic (exact) mass is 254 g/mol. The van der Waals surface area contributed by atoms with Gasteiger partial charge >= 0.3 is 0 Å². The molecule has 3 heteroatoms. The zero-order chi connectivity index (χ0) is 13.2. The second-order valence-corrected chi connectivity index (χ2v) is 4.86. The van der Waals surface area contributed by atoms with Crippen LogP contribution in [0, 0.1) is 0 Å². The Labute approximate surface area is 112 Å². The van der Waals surface area contributed by atoms with Gasteiger partial charge in [0.15, 0.2) is 0 Å². The number of fused-ring (bicyclic) bond motifs is 3. The summed E-state index contributed by atoms with van der Waals surface area (Å²) in [6, 6.07) is 16.7. The number of hydrogen-bond acceptors (Lipinski definition) is 2. The van der Waals surface area contributed by atoms with Crippen molar-refractivity contribution in [1.29, 1.82) is 0 Å². The van der Waals surface area contributed by atoms with Crippen molar-refractivity contribution in [3.63, 3.8) is 0 Å². The molecule has 2 N–H and O–H groups in total. The predicted molar refractivity (Wildman–Crippen MR) is 79.4 cm³/mol. The van der Waals surface area contributed by atoms with Crippen LogP contribution >= 0.6 is 0 Å². The number of nitrogens with zero attached hydrogens (tertiary/aromatic N) is 1. The molecule has 0 saturated heterocycles. The van der Waals surface area contributed by atoms with E-state index in [1.54, 1.807) is 0 Å². The lowest BCUT2D eigenvalue weighted by molar-refractivity contribution is 0.157. The minimum atomic E-state index is -0.385. The number of rotatable bonds is 4. The van der Waals surface area contributed by atoms with E-state index in [1.165, 1.54) is 21.8 Å². The van der Waals surface area contributed by atoms with Crippen molar-refractivity contribution in [3.05, 3.63) is 48.5 Å². The summed E-state index contributed by atoms with van der Waals surface area (Å²) >= 11 is 0. The second kappa shape index (κ2) is 5.03. The molecule has 0 spiro atoms. The van der Waals surface area contributed by atoms with Gasteiger partial charge in [0.2, 0.25) is 0 Å². The van der Waals surface area contributed by atoms with Gasteiger partial charge in [-0.1, -0.05) is 36.4 Å². The number of nitrogens with one attached hydrogen (secondary N) is 1. The van der Waals surface area contributed by atoms with Crippen LogP contribution in [0.2, 0.25) is 0 Å². The van der Waals surface area contributed by atoms with Gasteiger partial charge in [0.25, 0.3) is 0 Å². The molecule has 1 heterocycles. The van der Waals surface area contributed by atoms with Gasteiger partial charge < -0.3 is 15.0 Å². The lowest BCUT2D eigenvalue weighted by atomic mass is 10.2. The van der Waals surface area contributed by atoms with E-state index in [0.717, 1.165) is 0 Å². The van der Waals surface area contributed by atoms with Gasteiger partial charge in [0.05, 0.1) is 12.6 Å².